The number of benzene rings is 2. The van der Waals surface area contributed by atoms with Gasteiger partial charge in [-0.05, 0) is 57.2 Å². The number of hydrogen-bond donors (Lipinski definition) is 2. The van der Waals surface area contributed by atoms with Crippen molar-refractivity contribution in [2.75, 3.05) is 17.7 Å². The molecule has 1 aromatic heterocycles. The first-order chi connectivity index (χ1) is 16.4. The number of amides is 2. The van der Waals surface area contributed by atoms with E-state index in [0.717, 1.165) is 0 Å². The molecule has 1 heterocycles. The number of thioether (sulfide) groups is 1. The average Bonchev–Trinajstić information content (AvgIpc) is 3.27. The fourth-order valence-electron chi connectivity index (χ4n) is 3.19. The van der Waals surface area contributed by atoms with E-state index < -0.39 is 5.97 Å². The molecule has 0 unspecified atom stereocenters. The molecule has 3 aromatic rings. The van der Waals surface area contributed by atoms with Crippen molar-refractivity contribution in [2.24, 2.45) is 0 Å². The van der Waals surface area contributed by atoms with Gasteiger partial charge in [0.1, 0.15) is 0 Å². The number of aromatic nitrogens is 3. The molecule has 0 aliphatic carbocycles. The van der Waals surface area contributed by atoms with Crippen LogP contribution in [0.5, 0.6) is 0 Å². The second kappa shape index (κ2) is 12.0. The minimum absolute atomic E-state index is 0.127. The summed E-state index contributed by atoms with van der Waals surface area (Å²) in [5.74, 6) is -0.0698. The minimum atomic E-state index is -0.403. The summed E-state index contributed by atoms with van der Waals surface area (Å²) in [6.07, 6.45) is 0. The summed E-state index contributed by atoms with van der Waals surface area (Å²) in [5.41, 5.74) is 1.57. The Labute approximate surface area is 202 Å². The second-order valence-corrected chi connectivity index (χ2v) is 8.22. The van der Waals surface area contributed by atoms with Crippen LogP contribution >= 0.6 is 11.8 Å². The zero-order chi connectivity index (χ0) is 24.5. The number of ether oxygens (including phenoxy) is 1. The maximum Gasteiger partial charge on any atom is 0.338 e. The van der Waals surface area contributed by atoms with Gasteiger partial charge < -0.3 is 19.9 Å². The van der Waals surface area contributed by atoms with Gasteiger partial charge in [-0.2, -0.15) is 0 Å². The summed E-state index contributed by atoms with van der Waals surface area (Å²) < 4.78 is 6.83. The van der Waals surface area contributed by atoms with Gasteiger partial charge in [-0.25, -0.2) is 4.79 Å². The molecular formula is C24H27N5O4S. The SMILES string of the molecule is CCOC(=O)c1ccc(NC(=O)CSc2nnc([C@H](C)NC(=O)c3ccccc3)n2CC)cc1. The summed E-state index contributed by atoms with van der Waals surface area (Å²) in [4.78, 5) is 36.6. The van der Waals surface area contributed by atoms with Crippen molar-refractivity contribution in [3.8, 4) is 0 Å². The number of rotatable bonds is 10. The van der Waals surface area contributed by atoms with E-state index in [2.05, 4.69) is 20.8 Å². The second-order valence-electron chi connectivity index (χ2n) is 7.28. The monoisotopic (exact) mass is 481 g/mol. The van der Waals surface area contributed by atoms with Crippen LogP contribution in [-0.4, -0.2) is 44.9 Å². The zero-order valence-corrected chi connectivity index (χ0v) is 20.1. The summed E-state index contributed by atoms with van der Waals surface area (Å²) in [5, 5.41) is 14.8. The molecule has 3 rings (SSSR count). The Morgan fingerprint density at radius 3 is 2.35 bits per heavy atom. The fourth-order valence-corrected chi connectivity index (χ4v) is 4.00. The van der Waals surface area contributed by atoms with E-state index in [0.29, 0.717) is 40.9 Å². The van der Waals surface area contributed by atoms with Crippen LogP contribution in [0.4, 0.5) is 5.69 Å². The highest BCUT2D eigenvalue weighted by Crippen LogP contribution is 2.21. The van der Waals surface area contributed by atoms with Gasteiger partial charge in [-0.1, -0.05) is 30.0 Å². The van der Waals surface area contributed by atoms with Gasteiger partial charge >= 0.3 is 5.97 Å². The first-order valence-corrected chi connectivity index (χ1v) is 11.9. The van der Waals surface area contributed by atoms with E-state index in [9.17, 15) is 14.4 Å². The molecule has 0 bridgehead atoms. The maximum absolute atomic E-state index is 12.5. The number of nitrogens with one attached hydrogen (secondary N) is 2. The lowest BCUT2D eigenvalue weighted by atomic mass is 10.2. The number of carbonyl (C=O) groups excluding carboxylic acids is 3. The largest absolute Gasteiger partial charge is 0.462 e. The Hall–Kier alpha value is -3.66. The molecule has 0 aliphatic rings. The van der Waals surface area contributed by atoms with Crippen LogP contribution in [0.25, 0.3) is 0 Å². The first kappa shape index (κ1) is 25.0. The molecular weight excluding hydrogens is 454 g/mol. The molecule has 0 fully saturated rings. The predicted octanol–water partition coefficient (Wildman–Crippen LogP) is 3.70. The lowest BCUT2D eigenvalue weighted by Gasteiger charge is -2.15. The van der Waals surface area contributed by atoms with E-state index in [-0.39, 0.29) is 23.6 Å². The molecule has 0 radical (unpaired) electrons. The quantitative estimate of drug-likeness (QED) is 0.335. The van der Waals surface area contributed by atoms with Crippen molar-refractivity contribution in [3.63, 3.8) is 0 Å². The molecule has 9 nitrogen and oxygen atoms in total. The summed E-state index contributed by atoms with van der Waals surface area (Å²) in [7, 11) is 0. The molecule has 34 heavy (non-hydrogen) atoms. The van der Waals surface area contributed by atoms with E-state index in [4.69, 9.17) is 4.74 Å². The molecule has 178 valence electrons. The van der Waals surface area contributed by atoms with Crippen molar-refractivity contribution in [1.82, 2.24) is 20.1 Å². The van der Waals surface area contributed by atoms with Crippen LogP contribution in [0.1, 0.15) is 53.4 Å². The molecule has 0 spiro atoms. The number of carbonyl (C=O) groups is 3. The van der Waals surface area contributed by atoms with Gasteiger partial charge in [0.25, 0.3) is 5.91 Å². The molecule has 10 heteroatoms. The third-order valence-electron chi connectivity index (χ3n) is 4.84. The van der Waals surface area contributed by atoms with Crippen molar-refractivity contribution < 1.29 is 19.1 Å². The van der Waals surface area contributed by atoms with Gasteiger partial charge in [0, 0.05) is 17.8 Å². The molecule has 2 aromatic carbocycles. The van der Waals surface area contributed by atoms with Crippen LogP contribution in [0.2, 0.25) is 0 Å². The van der Waals surface area contributed by atoms with Gasteiger partial charge in [-0.15, -0.1) is 10.2 Å². The maximum atomic E-state index is 12.5. The molecule has 0 saturated carbocycles. The topological polar surface area (TPSA) is 115 Å². The van der Waals surface area contributed by atoms with Gasteiger partial charge in [0.15, 0.2) is 11.0 Å². The minimum Gasteiger partial charge on any atom is -0.462 e. The highest BCUT2D eigenvalue weighted by Gasteiger charge is 2.20. The van der Waals surface area contributed by atoms with Crippen LogP contribution in [-0.2, 0) is 16.1 Å². The predicted molar refractivity (Wildman–Crippen MR) is 130 cm³/mol. The first-order valence-electron chi connectivity index (χ1n) is 10.9. The summed E-state index contributed by atoms with van der Waals surface area (Å²) in [6.45, 7) is 6.43. The highest BCUT2D eigenvalue weighted by atomic mass is 32.2. The normalized spacial score (nSPS) is 11.5. The molecule has 2 amide bonds. The standard InChI is InChI=1S/C24H27N5O4S/c1-4-29-21(16(3)25-22(31)17-9-7-6-8-10-17)27-28-24(29)34-15-20(30)26-19-13-11-18(12-14-19)23(32)33-5-2/h6-14,16H,4-5,15H2,1-3H3,(H,25,31)(H,26,30)/t16-/m0/s1. The van der Waals surface area contributed by atoms with Crippen LogP contribution in [0, 0.1) is 0 Å². The number of anilines is 1. The Balaban J connectivity index is 1.57. The van der Waals surface area contributed by atoms with Crippen molar-refractivity contribution in [3.05, 3.63) is 71.5 Å². The van der Waals surface area contributed by atoms with Crippen LogP contribution in [0.15, 0.2) is 59.8 Å². The summed E-state index contributed by atoms with van der Waals surface area (Å²) in [6, 6.07) is 15.1. The lowest BCUT2D eigenvalue weighted by Crippen LogP contribution is -2.28. The molecule has 0 saturated heterocycles. The van der Waals surface area contributed by atoms with E-state index in [1.807, 2.05) is 36.6 Å². The van der Waals surface area contributed by atoms with Crippen LogP contribution < -0.4 is 10.6 Å². The van der Waals surface area contributed by atoms with Gasteiger partial charge in [-0.3, -0.25) is 9.59 Å². The zero-order valence-electron chi connectivity index (χ0n) is 19.3. The average molecular weight is 482 g/mol. The Morgan fingerprint density at radius 1 is 1.00 bits per heavy atom. The van der Waals surface area contributed by atoms with Crippen molar-refractivity contribution in [2.45, 2.75) is 38.5 Å². The van der Waals surface area contributed by atoms with E-state index >= 15 is 0 Å². The van der Waals surface area contributed by atoms with E-state index in [1.165, 1.54) is 11.8 Å². The fraction of sp³-hybridized carbons (Fsp3) is 0.292. The molecule has 0 aliphatic heterocycles. The Bertz CT molecular complexity index is 1130. The number of nitrogens with zero attached hydrogens (tertiary/aromatic N) is 3. The van der Waals surface area contributed by atoms with Crippen molar-refractivity contribution in [1.29, 1.82) is 0 Å². The van der Waals surface area contributed by atoms with Crippen LogP contribution in [0.3, 0.4) is 0 Å². The molecule has 2 N–H and O–H groups in total. The Kier molecular flexibility index (Phi) is 8.80. The van der Waals surface area contributed by atoms with E-state index in [1.54, 1.807) is 43.3 Å². The number of hydrogen-bond acceptors (Lipinski definition) is 7. The third-order valence-corrected chi connectivity index (χ3v) is 5.81. The van der Waals surface area contributed by atoms with Gasteiger partial charge in [0.2, 0.25) is 5.91 Å². The third kappa shape index (κ3) is 6.44. The van der Waals surface area contributed by atoms with Gasteiger partial charge in [0.05, 0.1) is 24.0 Å². The highest BCUT2D eigenvalue weighted by molar-refractivity contribution is 7.99. The smallest absolute Gasteiger partial charge is 0.338 e. The lowest BCUT2D eigenvalue weighted by molar-refractivity contribution is -0.113. The molecule has 1 atom stereocenters. The number of esters is 1. The van der Waals surface area contributed by atoms with Crippen molar-refractivity contribution >= 4 is 35.2 Å². The Morgan fingerprint density at radius 2 is 1.71 bits per heavy atom. The summed E-state index contributed by atoms with van der Waals surface area (Å²) >= 11 is 1.26.